The zero-order valence-corrected chi connectivity index (χ0v) is 17.5. The average molecular weight is 410 g/mol. The minimum atomic E-state index is -0.0876. The Morgan fingerprint density at radius 2 is 1.70 bits per heavy atom. The Hall–Kier alpha value is -2.76. The van der Waals surface area contributed by atoms with Crippen LogP contribution in [0, 0.1) is 0 Å². The monoisotopic (exact) mass is 409 g/mol. The van der Waals surface area contributed by atoms with Gasteiger partial charge in [0.05, 0.1) is 12.8 Å². The lowest BCUT2D eigenvalue weighted by Crippen LogP contribution is -2.50. The van der Waals surface area contributed by atoms with Crippen LogP contribution in [-0.2, 0) is 17.9 Å². The van der Waals surface area contributed by atoms with E-state index in [1.165, 1.54) is 19.3 Å². The van der Waals surface area contributed by atoms with E-state index in [4.69, 9.17) is 4.42 Å². The second kappa shape index (κ2) is 9.83. The molecule has 0 saturated heterocycles. The standard InChI is InChI=1S/C24H31N3O3/c28-23(18-27(21-13-14-21)24(29)25-20-10-5-2-6-11-20)26(17-22-12-7-15-30-22)16-19-8-3-1-4-9-19/h1,3-4,7-9,12,15,20-21H,2,5-6,10-11,13-14,16-18H2,(H,25,29). The molecule has 2 aliphatic carbocycles. The smallest absolute Gasteiger partial charge is 0.318 e. The molecule has 2 aromatic rings. The Bertz CT molecular complexity index is 811. The third-order valence-electron chi connectivity index (χ3n) is 5.98. The molecule has 2 aliphatic rings. The summed E-state index contributed by atoms with van der Waals surface area (Å²) in [7, 11) is 0. The summed E-state index contributed by atoms with van der Waals surface area (Å²) in [6.45, 7) is 0.989. The lowest BCUT2D eigenvalue weighted by molar-refractivity contribution is -0.133. The van der Waals surface area contributed by atoms with Crippen molar-refractivity contribution >= 4 is 11.9 Å². The van der Waals surface area contributed by atoms with Gasteiger partial charge in [0.15, 0.2) is 0 Å². The minimum Gasteiger partial charge on any atom is -0.467 e. The predicted molar refractivity (Wildman–Crippen MR) is 115 cm³/mol. The topological polar surface area (TPSA) is 65.8 Å². The summed E-state index contributed by atoms with van der Waals surface area (Å²) in [5.41, 5.74) is 1.06. The number of rotatable bonds is 8. The van der Waals surface area contributed by atoms with Crippen molar-refractivity contribution < 1.29 is 14.0 Å². The van der Waals surface area contributed by atoms with E-state index < -0.39 is 0 Å². The van der Waals surface area contributed by atoms with Crippen LogP contribution in [-0.4, -0.2) is 40.4 Å². The lowest BCUT2D eigenvalue weighted by Gasteiger charge is -2.30. The molecule has 0 unspecified atom stereocenters. The van der Waals surface area contributed by atoms with Gasteiger partial charge in [-0.3, -0.25) is 4.79 Å². The van der Waals surface area contributed by atoms with Crippen molar-refractivity contribution in [2.45, 2.75) is 70.1 Å². The summed E-state index contributed by atoms with van der Waals surface area (Å²) in [6.07, 6.45) is 9.23. The maximum atomic E-state index is 13.3. The van der Waals surface area contributed by atoms with E-state index in [1.54, 1.807) is 16.1 Å². The van der Waals surface area contributed by atoms with Gasteiger partial charge in [-0.15, -0.1) is 0 Å². The number of nitrogens with one attached hydrogen (secondary N) is 1. The molecule has 3 amide bonds. The Kier molecular flexibility index (Phi) is 6.72. The van der Waals surface area contributed by atoms with Gasteiger partial charge in [-0.2, -0.15) is 0 Å². The first-order chi connectivity index (χ1) is 14.7. The highest BCUT2D eigenvalue weighted by Gasteiger charge is 2.35. The molecule has 6 nitrogen and oxygen atoms in total. The molecule has 0 radical (unpaired) electrons. The molecule has 1 aromatic heterocycles. The fraction of sp³-hybridized carbons (Fsp3) is 0.500. The summed E-state index contributed by atoms with van der Waals surface area (Å²) in [4.78, 5) is 29.7. The van der Waals surface area contributed by atoms with Crippen molar-refractivity contribution in [3.8, 4) is 0 Å². The number of amides is 3. The van der Waals surface area contributed by atoms with E-state index in [-0.39, 0.29) is 30.6 Å². The van der Waals surface area contributed by atoms with Crippen molar-refractivity contribution in [2.75, 3.05) is 6.54 Å². The van der Waals surface area contributed by atoms with Gasteiger partial charge in [-0.05, 0) is 43.4 Å². The number of hydrogen-bond donors (Lipinski definition) is 1. The molecular formula is C24H31N3O3. The van der Waals surface area contributed by atoms with Crippen LogP contribution in [0.25, 0.3) is 0 Å². The number of carbonyl (C=O) groups is 2. The van der Waals surface area contributed by atoms with E-state index >= 15 is 0 Å². The molecule has 1 heterocycles. The molecule has 160 valence electrons. The minimum absolute atomic E-state index is 0.0547. The first-order valence-electron chi connectivity index (χ1n) is 11.1. The Morgan fingerprint density at radius 3 is 2.37 bits per heavy atom. The SMILES string of the molecule is O=C(CN(C(=O)NC1CCCCC1)C1CC1)N(Cc1ccccc1)Cc1ccco1. The first kappa shape index (κ1) is 20.5. The summed E-state index contributed by atoms with van der Waals surface area (Å²) in [5.74, 6) is 0.685. The molecule has 1 aromatic carbocycles. The van der Waals surface area contributed by atoms with Gasteiger partial charge in [-0.1, -0.05) is 49.6 Å². The number of hydrogen-bond acceptors (Lipinski definition) is 3. The zero-order chi connectivity index (χ0) is 20.8. The molecule has 2 saturated carbocycles. The third kappa shape index (κ3) is 5.65. The van der Waals surface area contributed by atoms with Gasteiger partial charge in [0.1, 0.15) is 12.3 Å². The van der Waals surface area contributed by atoms with Crippen molar-refractivity contribution in [3.05, 3.63) is 60.1 Å². The van der Waals surface area contributed by atoms with Gasteiger partial charge in [0, 0.05) is 18.6 Å². The highest BCUT2D eigenvalue weighted by atomic mass is 16.3. The van der Waals surface area contributed by atoms with Gasteiger partial charge >= 0.3 is 6.03 Å². The highest BCUT2D eigenvalue weighted by molar-refractivity contribution is 5.84. The highest BCUT2D eigenvalue weighted by Crippen LogP contribution is 2.28. The number of carbonyl (C=O) groups excluding carboxylic acids is 2. The number of benzene rings is 1. The molecule has 6 heteroatoms. The van der Waals surface area contributed by atoms with E-state index in [2.05, 4.69) is 5.32 Å². The molecule has 0 bridgehead atoms. The Labute approximate surface area is 178 Å². The number of urea groups is 1. The fourth-order valence-corrected chi connectivity index (χ4v) is 4.13. The second-order valence-corrected chi connectivity index (χ2v) is 8.46. The van der Waals surface area contributed by atoms with Crippen LogP contribution < -0.4 is 5.32 Å². The quantitative estimate of drug-likeness (QED) is 0.706. The lowest BCUT2D eigenvalue weighted by atomic mass is 9.96. The largest absolute Gasteiger partial charge is 0.467 e. The molecular weight excluding hydrogens is 378 g/mol. The van der Waals surface area contributed by atoms with Crippen LogP contribution in [0.5, 0.6) is 0 Å². The van der Waals surface area contributed by atoms with E-state index in [1.807, 2.05) is 42.5 Å². The molecule has 0 aliphatic heterocycles. The van der Waals surface area contributed by atoms with Gasteiger partial charge < -0.3 is 19.5 Å². The van der Waals surface area contributed by atoms with Crippen LogP contribution in [0.1, 0.15) is 56.3 Å². The summed E-state index contributed by atoms with van der Waals surface area (Å²) >= 11 is 0. The summed E-state index contributed by atoms with van der Waals surface area (Å²) < 4.78 is 5.48. The summed E-state index contributed by atoms with van der Waals surface area (Å²) in [6, 6.07) is 14.0. The molecule has 30 heavy (non-hydrogen) atoms. The van der Waals surface area contributed by atoms with Crippen molar-refractivity contribution in [1.29, 1.82) is 0 Å². The molecule has 0 atom stereocenters. The predicted octanol–water partition coefficient (Wildman–Crippen LogP) is 4.32. The second-order valence-electron chi connectivity index (χ2n) is 8.46. The van der Waals surface area contributed by atoms with Crippen molar-refractivity contribution in [2.24, 2.45) is 0 Å². The molecule has 4 rings (SSSR count). The fourth-order valence-electron chi connectivity index (χ4n) is 4.13. The first-order valence-corrected chi connectivity index (χ1v) is 11.1. The molecule has 2 fully saturated rings. The van der Waals surface area contributed by atoms with Gasteiger partial charge in [0.2, 0.25) is 5.91 Å². The number of furan rings is 1. The van der Waals surface area contributed by atoms with Crippen molar-refractivity contribution in [3.63, 3.8) is 0 Å². The Balaban J connectivity index is 1.42. The van der Waals surface area contributed by atoms with E-state index in [9.17, 15) is 9.59 Å². The normalized spacial score (nSPS) is 16.8. The number of nitrogens with zero attached hydrogens (tertiary/aromatic N) is 2. The van der Waals surface area contributed by atoms with Crippen molar-refractivity contribution in [1.82, 2.24) is 15.1 Å². The zero-order valence-electron chi connectivity index (χ0n) is 17.5. The average Bonchev–Trinajstić information content (AvgIpc) is 3.48. The van der Waals surface area contributed by atoms with Crippen LogP contribution in [0.2, 0.25) is 0 Å². The van der Waals surface area contributed by atoms with Crippen LogP contribution in [0.4, 0.5) is 4.79 Å². The van der Waals surface area contributed by atoms with Crippen LogP contribution >= 0.6 is 0 Å². The maximum absolute atomic E-state index is 13.3. The van der Waals surface area contributed by atoms with Gasteiger partial charge in [-0.25, -0.2) is 4.79 Å². The van der Waals surface area contributed by atoms with Crippen LogP contribution in [0.15, 0.2) is 53.1 Å². The van der Waals surface area contributed by atoms with Gasteiger partial charge in [0.25, 0.3) is 0 Å². The molecule has 1 N–H and O–H groups in total. The van der Waals surface area contributed by atoms with E-state index in [0.717, 1.165) is 37.0 Å². The van der Waals surface area contributed by atoms with Crippen LogP contribution in [0.3, 0.4) is 0 Å². The van der Waals surface area contributed by atoms with E-state index in [0.29, 0.717) is 13.1 Å². The summed E-state index contributed by atoms with van der Waals surface area (Å²) in [5, 5.41) is 3.18. The maximum Gasteiger partial charge on any atom is 0.318 e. The third-order valence-corrected chi connectivity index (χ3v) is 5.98. The Morgan fingerprint density at radius 1 is 0.933 bits per heavy atom. The molecule has 0 spiro atoms.